The quantitative estimate of drug-likeness (QED) is 0.0226. The van der Waals surface area contributed by atoms with E-state index in [9.17, 15) is 61.0 Å². The molecule has 19 heteroatoms. The first-order valence-corrected chi connectivity index (χ1v) is 31.7. The molecule has 17 unspecified atom stereocenters. The monoisotopic (exact) mass is 1180 g/mol. The third kappa shape index (κ3) is 29.7. The van der Waals surface area contributed by atoms with Gasteiger partial charge in [0.05, 0.1) is 38.6 Å². The maximum Gasteiger partial charge on any atom is 0.220 e. The van der Waals surface area contributed by atoms with Crippen LogP contribution in [0.1, 0.15) is 194 Å². The highest BCUT2D eigenvalue weighted by Crippen LogP contribution is 2.33. The highest BCUT2D eigenvalue weighted by atomic mass is 16.8. The van der Waals surface area contributed by atoms with Gasteiger partial charge in [0.2, 0.25) is 5.91 Å². The fourth-order valence-electron chi connectivity index (χ4n) is 10.3. The van der Waals surface area contributed by atoms with Crippen LogP contribution in [-0.4, -0.2) is 193 Å². The number of unbranched alkanes of at least 4 members (excludes halogenated alkanes) is 20. The van der Waals surface area contributed by atoms with Crippen LogP contribution in [-0.2, 0) is 33.2 Å². The summed E-state index contributed by atoms with van der Waals surface area (Å²) in [4.78, 5) is 13.2. The Labute approximate surface area is 496 Å². The van der Waals surface area contributed by atoms with Crippen LogP contribution in [0.25, 0.3) is 0 Å². The standard InChI is InChI=1S/C64H111NO18/c1-3-5-7-9-10-11-12-13-14-15-16-17-18-19-20-21-22-23-24-25-26-27-28-29-30-31-32-33-34-35-36-38-40-42-52(70)65-47(48(69)41-39-37-8-6-4-2)46-78-62-58(76)55(73)60(50(44-67)80-62)83-64-59(77)56(74)61(51(45-68)81-64)82-63-57(75)54(72)53(71)49(43-66)79-63/h5,7,10-11,13-14,16-17,19-20,39,41,47-51,53-64,66-69,71-77H,3-4,6,8-9,12,15,18,21-38,40,42-46H2,1-2H3,(H,65,70)/b7-5-,11-10-,14-13-,17-16-,20-19-,41-39+. The smallest absolute Gasteiger partial charge is 0.220 e. The lowest BCUT2D eigenvalue weighted by Crippen LogP contribution is -2.66. The molecule has 0 saturated carbocycles. The SMILES string of the molecule is CC/C=C\C/C=C\C/C=C\C/C=C\C/C=C\CCCCCCCCCCCCCCCCCCCC(=O)NC(COC1OC(CO)C(OC2OC(CO)C(OC3OC(CO)C(O)C(O)C3O)C(O)C2O)C(O)C1O)C(O)/C=C/CCCCC. The number of rotatable bonds is 46. The van der Waals surface area contributed by atoms with Crippen molar-refractivity contribution in [1.29, 1.82) is 0 Å². The molecule has 12 N–H and O–H groups in total. The minimum absolute atomic E-state index is 0.240. The molecule has 17 atom stereocenters. The van der Waals surface area contributed by atoms with Gasteiger partial charge in [-0.1, -0.05) is 196 Å². The van der Waals surface area contributed by atoms with E-state index >= 15 is 0 Å². The zero-order chi connectivity index (χ0) is 60.5. The predicted octanol–water partition coefficient (Wildman–Crippen LogP) is 6.60. The number of allylic oxidation sites excluding steroid dienone is 11. The van der Waals surface area contributed by atoms with Crippen LogP contribution >= 0.6 is 0 Å². The third-order valence-corrected chi connectivity index (χ3v) is 15.5. The van der Waals surface area contributed by atoms with Gasteiger partial charge in [-0.25, -0.2) is 0 Å². The number of nitrogens with one attached hydrogen (secondary N) is 1. The Bertz CT molecular complexity index is 1790. The van der Waals surface area contributed by atoms with Crippen molar-refractivity contribution in [2.45, 2.75) is 298 Å². The average Bonchev–Trinajstić information content (AvgIpc) is 3.52. The molecule has 0 bridgehead atoms. The second-order valence-electron chi connectivity index (χ2n) is 22.5. The van der Waals surface area contributed by atoms with Crippen LogP contribution in [0.4, 0.5) is 0 Å². The number of carbonyl (C=O) groups excluding carboxylic acids is 1. The lowest BCUT2D eigenvalue weighted by Gasteiger charge is -2.48. The van der Waals surface area contributed by atoms with E-state index in [2.05, 4.69) is 79.9 Å². The van der Waals surface area contributed by atoms with Crippen molar-refractivity contribution < 1.29 is 89.4 Å². The minimum Gasteiger partial charge on any atom is -0.394 e. The van der Waals surface area contributed by atoms with Gasteiger partial charge in [0, 0.05) is 6.42 Å². The number of amides is 1. The number of aliphatic hydroxyl groups excluding tert-OH is 11. The van der Waals surface area contributed by atoms with E-state index in [1.165, 1.54) is 89.9 Å². The third-order valence-electron chi connectivity index (χ3n) is 15.5. The van der Waals surface area contributed by atoms with Crippen LogP contribution in [0.2, 0.25) is 0 Å². The molecule has 83 heavy (non-hydrogen) atoms. The van der Waals surface area contributed by atoms with Crippen LogP contribution in [0.3, 0.4) is 0 Å². The minimum atomic E-state index is -1.98. The Kier molecular flexibility index (Phi) is 41.6. The molecule has 3 fully saturated rings. The summed E-state index contributed by atoms with van der Waals surface area (Å²) in [5, 5.41) is 119. The normalized spacial score (nSPS) is 29.9. The van der Waals surface area contributed by atoms with Crippen molar-refractivity contribution in [2.75, 3.05) is 26.4 Å². The van der Waals surface area contributed by atoms with Crippen molar-refractivity contribution in [1.82, 2.24) is 5.32 Å². The summed E-state index contributed by atoms with van der Waals surface area (Å²) in [6.07, 6.45) is 29.8. The van der Waals surface area contributed by atoms with E-state index < -0.39 is 124 Å². The predicted molar refractivity (Wildman–Crippen MR) is 318 cm³/mol. The van der Waals surface area contributed by atoms with Crippen molar-refractivity contribution in [3.8, 4) is 0 Å². The van der Waals surface area contributed by atoms with E-state index in [0.29, 0.717) is 6.42 Å². The molecule has 0 aromatic rings. The Morgan fingerprint density at radius 3 is 1.30 bits per heavy atom. The van der Waals surface area contributed by atoms with Gasteiger partial charge < -0.3 is 89.9 Å². The number of hydrogen-bond donors (Lipinski definition) is 12. The van der Waals surface area contributed by atoms with Gasteiger partial charge in [-0.05, 0) is 64.2 Å². The molecule has 480 valence electrons. The Morgan fingerprint density at radius 1 is 0.446 bits per heavy atom. The molecule has 3 aliphatic heterocycles. The number of hydrogen-bond acceptors (Lipinski definition) is 18. The summed E-state index contributed by atoms with van der Waals surface area (Å²) >= 11 is 0. The highest BCUT2D eigenvalue weighted by molar-refractivity contribution is 5.76. The summed E-state index contributed by atoms with van der Waals surface area (Å²) in [6.45, 7) is 1.47. The van der Waals surface area contributed by atoms with Crippen LogP contribution < -0.4 is 5.32 Å². The van der Waals surface area contributed by atoms with Gasteiger partial charge in [0.25, 0.3) is 0 Å². The summed E-state index contributed by atoms with van der Waals surface area (Å²) in [7, 11) is 0. The zero-order valence-electron chi connectivity index (χ0n) is 50.1. The van der Waals surface area contributed by atoms with Gasteiger partial charge in [-0.15, -0.1) is 0 Å². The Balaban J connectivity index is 1.29. The van der Waals surface area contributed by atoms with Crippen molar-refractivity contribution in [2.24, 2.45) is 0 Å². The molecule has 0 radical (unpaired) electrons. The molecule has 3 saturated heterocycles. The molecule has 0 aromatic heterocycles. The molecule has 19 nitrogen and oxygen atoms in total. The Morgan fingerprint density at radius 2 is 0.831 bits per heavy atom. The molecule has 0 aromatic carbocycles. The molecule has 3 aliphatic rings. The largest absolute Gasteiger partial charge is 0.394 e. The molecular weight excluding hydrogens is 1070 g/mol. The molecule has 0 aliphatic carbocycles. The first-order valence-electron chi connectivity index (χ1n) is 31.7. The molecular formula is C64H111NO18. The summed E-state index contributed by atoms with van der Waals surface area (Å²) in [5.41, 5.74) is 0. The van der Waals surface area contributed by atoms with Gasteiger partial charge >= 0.3 is 0 Å². The Hall–Kier alpha value is -2.77. The summed E-state index contributed by atoms with van der Waals surface area (Å²) in [6, 6.07) is -0.971. The van der Waals surface area contributed by atoms with E-state index in [1.807, 2.05) is 6.08 Å². The van der Waals surface area contributed by atoms with E-state index in [0.717, 1.165) is 77.0 Å². The van der Waals surface area contributed by atoms with Gasteiger partial charge in [0.1, 0.15) is 73.2 Å². The van der Waals surface area contributed by atoms with Crippen molar-refractivity contribution in [3.05, 3.63) is 72.9 Å². The van der Waals surface area contributed by atoms with Gasteiger partial charge in [-0.2, -0.15) is 0 Å². The van der Waals surface area contributed by atoms with E-state index in [-0.39, 0.29) is 18.9 Å². The fraction of sp³-hybridized carbons (Fsp3) is 0.797. The first-order chi connectivity index (χ1) is 40.3. The number of ether oxygens (including phenoxy) is 6. The van der Waals surface area contributed by atoms with Crippen molar-refractivity contribution in [3.63, 3.8) is 0 Å². The van der Waals surface area contributed by atoms with E-state index in [1.54, 1.807) is 6.08 Å². The second kappa shape index (κ2) is 46.4. The zero-order valence-corrected chi connectivity index (χ0v) is 50.1. The van der Waals surface area contributed by atoms with Gasteiger partial charge in [0.15, 0.2) is 18.9 Å². The molecule has 1 amide bonds. The van der Waals surface area contributed by atoms with Crippen LogP contribution in [0.5, 0.6) is 0 Å². The van der Waals surface area contributed by atoms with Crippen LogP contribution in [0.15, 0.2) is 72.9 Å². The van der Waals surface area contributed by atoms with E-state index in [4.69, 9.17) is 28.4 Å². The number of aliphatic hydroxyl groups is 11. The maximum atomic E-state index is 13.2. The fourth-order valence-corrected chi connectivity index (χ4v) is 10.3. The summed E-state index contributed by atoms with van der Waals surface area (Å²) < 4.78 is 34.1. The van der Waals surface area contributed by atoms with Crippen molar-refractivity contribution >= 4 is 5.91 Å². The lowest BCUT2D eigenvalue weighted by atomic mass is 9.96. The average molecular weight is 1180 g/mol. The molecule has 3 heterocycles. The highest BCUT2D eigenvalue weighted by Gasteiger charge is 2.53. The lowest BCUT2D eigenvalue weighted by molar-refractivity contribution is -0.379. The molecule has 3 rings (SSSR count). The van der Waals surface area contributed by atoms with Gasteiger partial charge in [-0.3, -0.25) is 4.79 Å². The maximum absolute atomic E-state index is 13.2. The first kappa shape index (κ1) is 74.5. The molecule has 0 spiro atoms. The van der Waals surface area contributed by atoms with Crippen LogP contribution in [0, 0.1) is 0 Å². The number of carbonyl (C=O) groups is 1. The second-order valence-corrected chi connectivity index (χ2v) is 22.5. The summed E-state index contributed by atoms with van der Waals surface area (Å²) in [5.74, 6) is -0.285. The topological polar surface area (TPSA) is 307 Å².